The summed E-state index contributed by atoms with van der Waals surface area (Å²) in [4.78, 5) is 17.4. The average molecular weight is 509 g/mol. The Labute approximate surface area is 216 Å². The maximum absolute atomic E-state index is 14.9. The number of halogens is 1. The predicted octanol–water partition coefficient (Wildman–Crippen LogP) is 5.34. The minimum Gasteiger partial charge on any atom is -0.485 e. The number of rotatable bonds is 8. The Balaban J connectivity index is 1.70. The molecule has 3 aromatic rings. The number of fused-ring (bicyclic) bond motifs is 1. The van der Waals surface area contributed by atoms with E-state index in [-0.39, 0.29) is 12.1 Å². The molecule has 37 heavy (non-hydrogen) atoms. The summed E-state index contributed by atoms with van der Waals surface area (Å²) in [7, 11) is 5.45. The third kappa shape index (κ3) is 5.45. The first kappa shape index (κ1) is 26.6. The van der Waals surface area contributed by atoms with Crippen LogP contribution >= 0.6 is 0 Å². The van der Waals surface area contributed by atoms with E-state index >= 15 is 0 Å². The molecule has 0 amide bonds. The number of carbonyl (C=O) groups is 1. The van der Waals surface area contributed by atoms with E-state index in [0.29, 0.717) is 22.8 Å². The number of pyridine rings is 1. The van der Waals surface area contributed by atoms with Crippen molar-refractivity contribution in [2.24, 2.45) is 5.92 Å². The van der Waals surface area contributed by atoms with Crippen molar-refractivity contribution < 1.29 is 28.9 Å². The van der Waals surface area contributed by atoms with Gasteiger partial charge in [-0.1, -0.05) is 24.3 Å². The quantitative estimate of drug-likeness (QED) is 0.424. The summed E-state index contributed by atoms with van der Waals surface area (Å²) in [6, 6.07) is 12.9. The second kappa shape index (κ2) is 10.9. The number of methoxy groups -OCH3 is 1. The van der Waals surface area contributed by atoms with Crippen molar-refractivity contribution in [3.8, 4) is 22.8 Å². The van der Waals surface area contributed by atoms with Gasteiger partial charge in [-0.25, -0.2) is 9.37 Å². The van der Waals surface area contributed by atoms with Crippen LogP contribution in [0.4, 0.5) is 4.39 Å². The minimum atomic E-state index is -1.13. The fraction of sp³-hybridized carbons (Fsp3) is 0.379. The molecule has 2 N–H and O–H groups in total. The van der Waals surface area contributed by atoms with Crippen molar-refractivity contribution >= 4 is 5.97 Å². The summed E-state index contributed by atoms with van der Waals surface area (Å²) in [6.07, 6.45) is 1.33. The zero-order valence-corrected chi connectivity index (χ0v) is 21.7. The van der Waals surface area contributed by atoms with E-state index < -0.39 is 23.8 Å². The number of aliphatic carboxylic acids is 1. The van der Waals surface area contributed by atoms with Crippen LogP contribution in [0, 0.1) is 11.7 Å². The first-order valence-corrected chi connectivity index (χ1v) is 12.3. The van der Waals surface area contributed by atoms with Gasteiger partial charge in [0.05, 0.1) is 25.3 Å². The van der Waals surface area contributed by atoms with Gasteiger partial charge in [0.25, 0.3) is 0 Å². The van der Waals surface area contributed by atoms with E-state index in [1.165, 1.54) is 20.2 Å². The van der Waals surface area contributed by atoms with Gasteiger partial charge in [-0.2, -0.15) is 0 Å². The van der Waals surface area contributed by atoms with E-state index in [2.05, 4.69) is 22.9 Å². The molecule has 7 nitrogen and oxygen atoms in total. The summed E-state index contributed by atoms with van der Waals surface area (Å²) in [6.45, 7) is 3.54. The molecule has 196 valence electrons. The van der Waals surface area contributed by atoms with Gasteiger partial charge in [-0.15, -0.1) is 0 Å². The molecule has 0 radical (unpaired) electrons. The third-order valence-electron chi connectivity index (χ3n) is 7.24. The lowest BCUT2D eigenvalue weighted by molar-refractivity contribution is -0.145. The Morgan fingerprint density at radius 1 is 1.16 bits per heavy atom. The minimum absolute atomic E-state index is 0.0105. The van der Waals surface area contributed by atoms with Crippen molar-refractivity contribution in [1.29, 1.82) is 0 Å². The smallest absolute Gasteiger partial charge is 0.309 e. The van der Waals surface area contributed by atoms with Crippen LogP contribution in [-0.2, 0) is 11.2 Å². The van der Waals surface area contributed by atoms with Crippen LogP contribution in [0.3, 0.4) is 0 Å². The normalized spacial score (nSPS) is 17.5. The number of hydrogen-bond donors (Lipinski definition) is 2. The van der Waals surface area contributed by atoms with Crippen LogP contribution in [0.25, 0.3) is 11.1 Å². The highest BCUT2D eigenvalue weighted by Gasteiger charge is 2.27. The van der Waals surface area contributed by atoms with Crippen molar-refractivity contribution in [2.45, 2.75) is 44.9 Å². The van der Waals surface area contributed by atoms with Gasteiger partial charge in [-0.05, 0) is 80.7 Å². The Bertz CT molecular complexity index is 1300. The first-order valence-electron chi connectivity index (χ1n) is 12.3. The fourth-order valence-corrected chi connectivity index (χ4v) is 4.62. The Morgan fingerprint density at radius 3 is 2.59 bits per heavy atom. The highest BCUT2D eigenvalue weighted by molar-refractivity contribution is 5.71. The fourth-order valence-electron chi connectivity index (χ4n) is 4.62. The molecule has 0 bridgehead atoms. The van der Waals surface area contributed by atoms with E-state index in [1.54, 1.807) is 18.2 Å². The van der Waals surface area contributed by atoms with E-state index in [9.17, 15) is 19.4 Å². The molecule has 1 aliphatic heterocycles. The van der Waals surface area contributed by atoms with Gasteiger partial charge in [0.2, 0.25) is 5.88 Å². The molecule has 4 rings (SSSR count). The SMILES string of the molecule is COc1cc(-c2ccc([C@H]3CCc4ccc([C@H](O)[C@H](C)C(=O)O)cc4O3)cc2[C@@H](C)N(C)C)c(F)cn1. The number of benzene rings is 2. The Morgan fingerprint density at radius 2 is 1.92 bits per heavy atom. The van der Waals surface area contributed by atoms with Gasteiger partial charge in [0, 0.05) is 17.7 Å². The molecule has 2 heterocycles. The van der Waals surface area contributed by atoms with Gasteiger partial charge in [-0.3, -0.25) is 4.79 Å². The van der Waals surface area contributed by atoms with E-state index in [0.717, 1.165) is 35.1 Å². The lowest BCUT2D eigenvalue weighted by atomic mass is 9.89. The summed E-state index contributed by atoms with van der Waals surface area (Å²) in [5.74, 6) is -1.44. The summed E-state index contributed by atoms with van der Waals surface area (Å²) >= 11 is 0. The van der Waals surface area contributed by atoms with E-state index in [1.807, 2.05) is 32.3 Å². The lowest BCUT2D eigenvalue weighted by Gasteiger charge is -2.30. The molecular weight excluding hydrogens is 475 g/mol. The second-order valence-corrected chi connectivity index (χ2v) is 9.78. The van der Waals surface area contributed by atoms with Crippen molar-refractivity contribution in [1.82, 2.24) is 9.88 Å². The van der Waals surface area contributed by atoms with Crippen LogP contribution in [0.5, 0.6) is 11.6 Å². The zero-order chi connectivity index (χ0) is 26.9. The van der Waals surface area contributed by atoms with Crippen LogP contribution in [0.1, 0.15) is 60.8 Å². The van der Waals surface area contributed by atoms with Gasteiger partial charge >= 0.3 is 5.97 Å². The van der Waals surface area contributed by atoms with Crippen LogP contribution in [-0.4, -0.2) is 47.3 Å². The average Bonchev–Trinajstić information content (AvgIpc) is 2.91. The predicted molar refractivity (Wildman–Crippen MR) is 138 cm³/mol. The van der Waals surface area contributed by atoms with E-state index in [4.69, 9.17) is 9.47 Å². The lowest BCUT2D eigenvalue weighted by Crippen LogP contribution is -2.20. The maximum Gasteiger partial charge on any atom is 0.309 e. The Kier molecular flexibility index (Phi) is 7.80. The topological polar surface area (TPSA) is 92.1 Å². The zero-order valence-electron chi connectivity index (χ0n) is 21.7. The number of aromatic nitrogens is 1. The number of nitrogens with zero attached hydrogens (tertiary/aromatic N) is 2. The highest BCUT2D eigenvalue weighted by Crippen LogP contribution is 2.40. The molecule has 2 aromatic carbocycles. The molecule has 0 aliphatic carbocycles. The van der Waals surface area contributed by atoms with Gasteiger partial charge in [0.15, 0.2) is 0 Å². The standard InChI is InChI=1S/C29H33FN2O5/c1-16(29(34)35)28(33)20-7-6-18-9-11-25(37-26(18)13-20)19-8-10-21(22(12-19)17(2)32(3)4)23-14-27(36-5)31-15-24(23)30/h6-8,10,12-17,25,28,33H,9,11H2,1-5H3,(H,34,35)/t16-,17+,25+,28+/m0/s1. The van der Waals surface area contributed by atoms with Gasteiger partial charge < -0.3 is 24.6 Å². The number of aliphatic hydroxyl groups excluding tert-OH is 1. The molecular formula is C29H33FN2O5. The molecule has 0 saturated heterocycles. The first-order chi connectivity index (χ1) is 17.6. The maximum atomic E-state index is 14.9. The summed E-state index contributed by atoms with van der Waals surface area (Å²) < 4.78 is 26.5. The number of carboxylic acid groups (broad SMARTS) is 1. The molecule has 1 aliphatic rings. The molecule has 0 unspecified atom stereocenters. The van der Waals surface area contributed by atoms with Crippen molar-refractivity contribution in [2.75, 3.05) is 21.2 Å². The summed E-state index contributed by atoms with van der Waals surface area (Å²) in [5, 5.41) is 19.8. The van der Waals surface area contributed by atoms with Gasteiger partial charge in [0.1, 0.15) is 17.7 Å². The van der Waals surface area contributed by atoms with Crippen molar-refractivity contribution in [3.63, 3.8) is 0 Å². The molecule has 1 aromatic heterocycles. The van der Waals surface area contributed by atoms with Crippen molar-refractivity contribution in [3.05, 3.63) is 76.7 Å². The molecule has 0 fully saturated rings. The Hall–Kier alpha value is -3.49. The van der Waals surface area contributed by atoms with Crippen LogP contribution in [0.2, 0.25) is 0 Å². The molecule has 4 atom stereocenters. The number of carboxylic acids is 1. The van der Waals surface area contributed by atoms with Crippen LogP contribution in [0.15, 0.2) is 48.7 Å². The molecule has 8 heteroatoms. The monoisotopic (exact) mass is 508 g/mol. The number of aryl methyl sites for hydroxylation is 1. The third-order valence-corrected chi connectivity index (χ3v) is 7.24. The highest BCUT2D eigenvalue weighted by atomic mass is 19.1. The summed E-state index contributed by atoms with van der Waals surface area (Å²) in [5.41, 5.74) is 4.61. The number of aliphatic hydroxyl groups is 1. The molecule has 0 saturated carbocycles. The number of hydrogen-bond acceptors (Lipinski definition) is 6. The molecule has 0 spiro atoms. The largest absolute Gasteiger partial charge is 0.485 e. The van der Waals surface area contributed by atoms with Crippen LogP contribution < -0.4 is 9.47 Å². The second-order valence-electron chi connectivity index (χ2n) is 9.78. The number of ether oxygens (including phenoxy) is 2.